The van der Waals surface area contributed by atoms with Crippen LogP contribution in [0.15, 0.2) is 0 Å². The van der Waals surface area contributed by atoms with E-state index in [1.807, 2.05) is 0 Å². The number of rotatable bonds is 5. The number of carbonyl (C=O) groups is 1. The molecule has 5 nitrogen and oxygen atoms in total. The van der Waals surface area contributed by atoms with Crippen molar-refractivity contribution < 1.29 is 9.53 Å². The molecule has 0 atom stereocenters. The predicted octanol–water partition coefficient (Wildman–Crippen LogP) is 0.934. The zero-order chi connectivity index (χ0) is 13.0. The van der Waals surface area contributed by atoms with Crippen molar-refractivity contribution in [2.24, 2.45) is 11.7 Å². The highest BCUT2D eigenvalue weighted by atomic mass is 16.6. The van der Waals surface area contributed by atoms with Gasteiger partial charge in [-0.3, -0.25) is 0 Å². The number of ether oxygens (including phenoxy) is 1. The number of carbonyl (C=O) groups excluding carboxylic acids is 1. The minimum atomic E-state index is -0.643. The molecule has 1 saturated carbocycles. The number of primary amides is 1. The molecule has 1 amide bonds. The number of piperidine rings is 1. The Bertz CT molecular complexity index is 273. The van der Waals surface area contributed by atoms with E-state index in [9.17, 15) is 4.79 Å². The van der Waals surface area contributed by atoms with Gasteiger partial charge in [0.05, 0.1) is 0 Å². The fraction of sp³-hybridized carbons (Fsp3) is 0.923. The Labute approximate surface area is 109 Å². The number of nitrogens with one attached hydrogen (secondary N) is 1. The van der Waals surface area contributed by atoms with Crippen LogP contribution < -0.4 is 11.1 Å². The number of nitrogens with zero attached hydrogens (tertiary/aromatic N) is 1. The van der Waals surface area contributed by atoms with Crippen LogP contribution in [0.3, 0.4) is 0 Å². The minimum absolute atomic E-state index is 0.0498. The molecule has 1 saturated heterocycles. The number of nitrogens with two attached hydrogens (primary N) is 1. The topological polar surface area (TPSA) is 67.6 Å². The summed E-state index contributed by atoms with van der Waals surface area (Å²) in [5.41, 5.74) is 5.00. The van der Waals surface area contributed by atoms with Crippen molar-refractivity contribution in [2.45, 2.75) is 44.2 Å². The molecule has 1 heterocycles. The lowest BCUT2D eigenvalue weighted by atomic mass is 9.87. The zero-order valence-electron chi connectivity index (χ0n) is 11.2. The van der Waals surface area contributed by atoms with Gasteiger partial charge in [0, 0.05) is 18.9 Å². The van der Waals surface area contributed by atoms with E-state index < -0.39 is 6.09 Å². The quantitative estimate of drug-likeness (QED) is 0.767. The van der Waals surface area contributed by atoms with Crippen molar-refractivity contribution >= 4 is 6.09 Å². The van der Waals surface area contributed by atoms with E-state index in [-0.39, 0.29) is 6.10 Å². The van der Waals surface area contributed by atoms with Crippen molar-refractivity contribution in [1.29, 1.82) is 0 Å². The summed E-state index contributed by atoms with van der Waals surface area (Å²) >= 11 is 0. The van der Waals surface area contributed by atoms with E-state index >= 15 is 0 Å². The summed E-state index contributed by atoms with van der Waals surface area (Å²) in [6.07, 6.45) is 5.19. The molecule has 5 heteroatoms. The van der Waals surface area contributed by atoms with Crippen LogP contribution in [0.1, 0.15) is 32.1 Å². The molecule has 0 aromatic carbocycles. The third kappa shape index (κ3) is 3.85. The van der Waals surface area contributed by atoms with Crippen LogP contribution in [0.25, 0.3) is 0 Å². The van der Waals surface area contributed by atoms with E-state index in [4.69, 9.17) is 10.5 Å². The molecule has 2 aliphatic rings. The van der Waals surface area contributed by atoms with E-state index in [2.05, 4.69) is 17.3 Å². The van der Waals surface area contributed by atoms with Crippen molar-refractivity contribution in [3.8, 4) is 0 Å². The third-order valence-electron chi connectivity index (χ3n) is 4.32. The van der Waals surface area contributed by atoms with Gasteiger partial charge in [-0.25, -0.2) is 4.79 Å². The molecular formula is C13H25N3O2. The van der Waals surface area contributed by atoms with Crippen LogP contribution >= 0.6 is 0 Å². The van der Waals surface area contributed by atoms with Crippen molar-refractivity contribution in [1.82, 2.24) is 10.2 Å². The summed E-state index contributed by atoms with van der Waals surface area (Å²) in [6, 6.07) is 0.566. The Balaban J connectivity index is 1.58. The van der Waals surface area contributed by atoms with Crippen molar-refractivity contribution in [2.75, 3.05) is 26.7 Å². The van der Waals surface area contributed by atoms with Crippen molar-refractivity contribution in [3.05, 3.63) is 0 Å². The fourth-order valence-electron chi connectivity index (χ4n) is 2.90. The highest BCUT2D eigenvalue weighted by molar-refractivity contribution is 5.64. The van der Waals surface area contributed by atoms with E-state index in [0.29, 0.717) is 6.04 Å². The smallest absolute Gasteiger partial charge is 0.404 e. The van der Waals surface area contributed by atoms with Crippen LogP contribution in [0, 0.1) is 5.92 Å². The molecule has 2 fully saturated rings. The molecule has 0 radical (unpaired) electrons. The Kier molecular flexibility index (Phi) is 4.83. The molecule has 0 spiro atoms. The highest BCUT2D eigenvalue weighted by Gasteiger charge is 2.34. The molecule has 18 heavy (non-hydrogen) atoms. The molecule has 0 aromatic heterocycles. The van der Waals surface area contributed by atoms with Gasteiger partial charge in [0.2, 0.25) is 0 Å². The SMILES string of the molecule is CN(CCC1CCNCC1)C1CC(OC(N)=O)C1. The summed E-state index contributed by atoms with van der Waals surface area (Å²) in [6.45, 7) is 3.50. The van der Waals surface area contributed by atoms with Gasteiger partial charge >= 0.3 is 6.09 Å². The first-order chi connectivity index (χ1) is 8.65. The molecule has 0 bridgehead atoms. The zero-order valence-corrected chi connectivity index (χ0v) is 11.2. The largest absolute Gasteiger partial charge is 0.446 e. The third-order valence-corrected chi connectivity index (χ3v) is 4.32. The van der Waals surface area contributed by atoms with Crippen LogP contribution in [0.2, 0.25) is 0 Å². The molecule has 1 aliphatic heterocycles. The molecule has 2 rings (SSSR count). The lowest BCUT2D eigenvalue weighted by Gasteiger charge is -2.40. The summed E-state index contributed by atoms with van der Waals surface area (Å²) < 4.78 is 4.96. The van der Waals surface area contributed by atoms with Crippen LogP contribution in [0.4, 0.5) is 4.79 Å². The first-order valence-electron chi connectivity index (χ1n) is 7.02. The maximum atomic E-state index is 10.6. The lowest BCUT2D eigenvalue weighted by molar-refractivity contribution is -0.00190. The monoisotopic (exact) mass is 255 g/mol. The van der Waals surface area contributed by atoms with Gasteiger partial charge in [-0.1, -0.05) is 0 Å². The average molecular weight is 255 g/mol. The Morgan fingerprint density at radius 1 is 1.39 bits per heavy atom. The van der Waals surface area contributed by atoms with Gasteiger partial charge < -0.3 is 20.7 Å². The molecule has 0 aromatic rings. The standard InChI is InChI=1S/C13H25N3O2/c1-16(7-4-10-2-5-15-6-3-10)11-8-12(9-11)18-13(14)17/h10-12,15H,2-9H2,1H3,(H2,14,17). The molecule has 104 valence electrons. The van der Waals surface area contributed by atoms with Gasteiger partial charge in [-0.05, 0) is 51.9 Å². The second-order valence-corrected chi connectivity index (χ2v) is 5.65. The van der Waals surface area contributed by atoms with E-state index in [0.717, 1.165) is 25.3 Å². The summed E-state index contributed by atoms with van der Waals surface area (Å²) in [5, 5.41) is 3.40. The second-order valence-electron chi connectivity index (χ2n) is 5.65. The maximum Gasteiger partial charge on any atom is 0.404 e. The molecular weight excluding hydrogens is 230 g/mol. The minimum Gasteiger partial charge on any atom is -0.446 e. The fourth-order valence-corrected chi connectivity index (χ4v) is 2.90. The summed E-state index contributed by atoms with van der Waals surface area (Å²) in [5.74, 6) is 0.881. The van der Waals surface area contributed by atoms with E-state index in [1.165, 1.54) is 32.4 Å². The number of hydrogen-bond acceptors (Lipinski definition) is 4. The Morgan fingerprint density at radius 2 is 2.06 bits per heavy atom. The molecule has 0 unspecified atom stereocenters. The molecule has 1 aliphatic carbocycles. The summed E-state index contributed by atoms with van der Waals surface area (Å²) in [4.78, 5) is 13.0. The van der Waals surface area contributed by atoms with Gasteiger partial charge in [-0.15, -0.1) is 0 Å². The lowest BCUT2D eigenvalue weighted by Crippen LogP contribution is -2.48. The van der Waals surface area contributed by atoms with Crippen LogP contribution in [0.5, 0.6) is 0 Å². The van der Waals surface area contributed by atoms with Crippen LogP contribution in [-0.4, -0.2) is 49.8 Å². The van der Waals surface area contributed by atoms with Gasteiger partial charge in [0.1, 0.15) is 6.10 Å². The number of hydrogen-bond donors (Lipinski definition) is 2. The first-order valence-corrected chi connectivity index (χ1v) is 7.02. The predicted molar refractivity (Wildman–Crippen MR) is 70.3 cm³/mol. The van der Waals surface area contributed by atoms with Crippen molar-refractivity contribution in [3.63, 3.8) is 0 Å². The number of amides is 1. The Morgan fingerprint density at radius 3 is 2.67 bits per heavy atom. The second kappa shape index (κ2) is 6.38. The van der Waals surface area contributed by atoms with Crippen LogP contribution in [-0.2, 0) is 4.74 Å². The van der Waals surface area contributed by atoms with Gasteiger partial charge in [0.25, 0.3) is 0 Å². The van der Waals surface area contributed by atoms with E-state index in [1.54, 1.807) is 0 Å². The maximum absolute atomic E-state index is 10.6. The summed E-state index contributed by atoms with van der Waals surface area (Å²) in [7, 11) is 2.17. The van der Waals surface area contributed by atoms with Gasteiger partial charge in [0.15, 0.2) is 0 Å². The molecule has 3 N–H and O–H groups in total. The Hall–Kier alpha value is -0.810. The normalized spacial score (nSPS) is 29.0. The first kappa shape index (κ1) is 13.6. The van der Waals surface area contributed by atoms with Gasteiger partial charge in [-0.2, -0.15) is 0 Å². The average Bonchev–Trinajstić information content (AvgIpc) is 2.31. The highest BCUT2D eigenvalue weighted by Crippen LogP contribution is 2.28.